The molecule has 0 fully saturated rings. The van der Waals surface area contributed by atoms with Gasteiger partial charge in [0.05, 0.1) is 5.02 Å². The van der Waals surface area contributed by atoms with Gasteiger partial charge in [-0.05, 0) is 43.2 Å². The lowest BCUT2D eigenvalue weighted by Gasteiger charge is -2.08. The van der Waals surface area contributed by atoms with E-state index < -0.39 is 0 Å². The maximum atomic E-state index is 6.22. The van der Waals surface area contributed by atoms with E-state index in [4.69, 9.17) is 29.0 Å². The first-order valence-electron chi connectivity index (χ1n) is 7.30. The molecule has 0 aliphatic rings. The van der Waals surface area contributed by atoms with Crippen LogP contribution in [0.4, 0.5) is 0 Å². The molecule has 0 saturated heterocycles. The Hall–Kier alpha value is -1.69. The van der Waals surface area contributed by atoms with Gasteiger partial charge in [-0.1, -0.05) is 58.7 Å². The lowest BCUT2D eigenvalue weighted by molar-refractivity contribution is 0.849. The van der Waals surface area contributed by atoms with E-state index in [1.165, 1.54) is 33.1 Å². The van der Waals surface area contributed by atoms with Crippen LogP contribution in [0.2, 0.25) is 10.0 Å². The summed E-state index contributed by atoms with van der Waals surface area (Å²) >= 11 is 13.8. The van der Waals surface area contributed by atoms with Crippen molar-refractivity contribution < 1.29 is 0 Å². The van der Waals surface area contributed by atoms with E-state index in [-0.39, 0.29) is 0 Å². The summed E-state index contributed by atoms with van der Waals surface area (Å²) in [7, 11) is 0. The Morgan fingerprint density at radius 1 is 1.08 bits per heavy atom. The van der Waals surface area contributed by atoms with Crippen molar-refractivity contribution in [3.63, 3.8) is 0 Å². The number of hydrogen-bond donors (Lipinski definition) is 1. The van der Waals surface area contributed by atoms with Gasteiger partial charge in [-0.2, -0.15) is 0 Å². The van der Waals surface area contributed by atoms with Gasteiger partial charge in [0.25, 0.3) is 0 Å². The molecule has 2 N–H and O–H groups in total. The Kier molecular flexibility index (Phi) is 5.04. The zero-order chi connectivity index (χ0) is 17.3. The topological polar surface area (TPSA) is 56.7 Å². The maximum Gasteiger partial charge on any atom is 0.210 e. The average Bonchev–Trinajstić information content (AvgIpc) is 2.91. The highest BCUT2D eigenvalue weighted by atomic mass is 35.5. The average molecular weight is 379 g/mol. The molecule has 0 unspecified atom stereocenters. The van der Waals surface area contributed by atoms with E-state index in [0.717, 1.165) is 5.75 Å². The second-order valence-corrected chi connectivity index (χ2v) is 7.31. The number of halogens is 2. The number of thioether (sulfide) groups is 1. The standard InChI is InChI=1S/C17H16Cl2N4S/c1-10-3-4-11(2)12(7-10)9-24-17-22-21-16(23(17)20)14-8-13(18)5-6-15(14)19/h3-8H,9,20H2,1-2H3. The van der Waals surface area contributed by atoms with Crippen molar-refractivity contribution in [2.45, 2.75) is 24.8 Å². The van der Waals surface area contributed by atoms with Gasteiger partial charge in [0.2, 0.25) is 5.16 Å². The van der Waals surface area contributed by atoms with Gasteiger partial charge in [0.1, 0.15) is 0 Å². The minimum Gasteiger partial charge on any atom is -0.335 e. The van der Waals surface area contributed by atoms with Crippen LogP contribution in [0, 0.1) is 13.8 Å². The highest BCUT2D eigenvalue weighted by molar-refractivity contribution is 7.98. The number of aryl methyl sites for hydroxylation is 2. The molecule has 7 heteroatoms. The molecule has 0 amide bonds. The molecule has 3 rings (SSSR count). The Labute approximate surface area is 155 Å². The Morgan fingerprint density at radius 2 is 1.88 bits per heavy atom. The van der Waals surface area contributed by atoms with Crippen LogP contribution in [0.1, 0.15) is 16.7 Å². The number of nitrogens with zero attached hydrogens (tertiary/aromatic N) is 3. The molecule has 124 valence electrons. The van der Waals surface area contributed by atoms with Crippen molar-refractivity contribution >= 4 is 35.0 Å². The van der Waals surface area contributed by atoms with E-state index >= 15 is 0 Å². The summed E-state index contributed by atoms with van der Waals surface area (Å²) in [5, 5.41) is 10.1. The van der Waals surface area contributed by atoms with E-state index in [1.54, 1.807) is 18.2 Å². The lowest BCUT2D eigenvalue weighted by Crippen LogP contribution is -2.11. The molecular formula is C17H16Cl2N4S. The zero-order valence-corrected chi connectivity index (χ0v) is 15.6. The number of nitrogen functional groups attached to an aromatic ring is 1. The highest BCUT2D eigenvalue weighted by Gasteiger charge is 2.15. The molecule has 4 nitrogen and oxygen atoms in total. The van der Waals surface area contributed by atoms with Crippen LogP contribution in [0.3, 0.4) is 0 Å². The Balaban J connectivity index is 1.85. The summed E-state index contributed by atoms with van der Waals surface area (Å²) in [6, 6.07) is 11.6. The van der Waals surface area contributed by atoms with Crippen molar-refractivity contribution in [3.05, 3.63) is 63.1 Å². The molecule has 0 radical (unpaired) electrons. The minimum absolute atomic E-state index is 0.492. The molecule has 0 aliphatic heterocycles. The molecule has 0 saturated carbocycles. The number of benzene rings is 2. The molecular weight excluding hydrogens is 363 g/mol. The quantitative estimate of drug-likeness (QED) is 0.519. The van der Waals surface area contributed by atoms with Crippen LogP contribution in [0.15, 0.2) is 41.6 Å². The largest absolute Gasteiger partial charge is 0.335 e. The van der Waals surface area contributed by atoms with Crippen molar-refractivity contribution in [1.82, 2.24) is 14.9 Å². The molecule has 24 heavy (non-hydrogen) atoms. The van der Waals surface area contributed by atoms with Gasteiger partial charge in [-0.15, -0.1) is 10.2 Å². The molecule has 1 aromatic heterocycles. The van der Waals surface area contributed by atoms with Crippen LogP contribution in [-0.2, 0) is 5.75 Å². The van der Waals surface area contributed by atoms with Crippen molar-refractivity contribution in [2.75, 3.05) is 5.84 Å². The molecule has 3 aromatic rings. The fraction of sp³-hybridized carbons (Fsp3) is 0.176. The third-order valence-corrected chi connectivity index (χ3v) is 5.25. The fourth-order valence-corrected chi connectivity index (χ4v) is 3.62. The van der Waals surface area contributed by atoms with E-state index in [9.17, 15) is 0 Å². The van der Waals surface area contributed by atoms with Gasteiger partial charge in [-0.25, -0.2) is 4.68 Å². The van der Waals surface area contributed by atoms with Crippen LogP contribution >= 0.6 is 35.0 Å². The number of hydrogen-bond acceptors (Lipinski definition) is 4. The fourth-order valence-electron chi connectivity index (χ4n) is 2.33. The number of nitrogens with two attached hydrogens (primary N) is 1. The molecule has 0 aliphatic carbocycles. The van der Waals surface area contributed by atoms with Gasteiger partial charge >= 0.3 is 0 Å². The summed E-state index contributed by atoms with van der Waals surface area (Å²) < 4.78 is 1.45. The Morgan fingerprint density at radius 3 is 2.67 bits per heavy atom. The molecule has 0 atom stereocenters. The zero-order valence-electron chi connectivity index (χ0n) is 13.3. The predicted molar refractivity (Wildman–Crippen MR) is 101 cm³/mol. The van der Waals surface area contributed by atoms with Crippen molar-refractivity contribution in [2.24, 2.45) is 0 Å². The third kappa shape index (κ3) is 3.53. The van der Waals surface area contributed by atoms with Crippen LogP contribution < -0.4 is 5.84 Å². The molecule has 1 heterocycles. The highest BCUT2D eigenvalue weighted by Crippen LogP contribution is 2.31. The third-order valence-electron chi connectivity index (χ3n) is 3.70. The SMILES string of the molecule is Cc1ccc(C)c(CSc2nnc(-c3cc(Cl)ccc3Cl)n2N)c1. The smallest absolute Gasteiger partial charge is 0.210 e. The Bertz CT molecular complexity index is 892. The predicted octanol–water partition coefficient (Wildman–Crippen LogP) is 4.87. The molecule has 2 aromatic carbocycles. The maximum absolute atomic E-state index is 6.22. The minimum atomic E-state index is 0.492. The summed E-state index contributed by atoms with van der Waals surface area (Å²) in [5.74, 6) is 7.42. The van der Waals surface area contributed by atoms with E-state index in [2.05, 4.69) is 42.2 Å². The van der Waals surface area contributed by atoms with Gasteiger partial charge in [0.15, 0.2) is 5.82 Å². The summed E-state index contributed by atoms with van der Waals surface area (Å²) in [5.41, 5.74) is 4.40. The first kappa shape index (κ1) is 17.1. The second-order valence-electron chi connectivity index (χ2n) is 5.52. The second kappa shape index (κ2) is 7.05. The van der Waals surface area contributed by atoms with Crippen LogP contribution in [0.5, 0.6) is 0 Å². The van der Waals surface area contributed by atoms with E-state index in [1.807, 2.05) is 0 Å². The molecule has 0 bridgehead atoms. The van der Waals surface area contributed by atoms with Crippen LogP contribution in [-0.4, -0.2) is 14.9 Å². The van der Waals surface area contributed by atoms with Gasteiger partial charge in [-0.3, -0.25) is 0 Å². The molecule has 0 spiro atoms. The first-order valence-corrected chi connectivity index (χ1v) is 9.04. The van der Waals surface area contributed by atoms with E-state index in [0.29, 0.717) is 26.6 Å². The van der Waals surface area contributed by atoms with Crippen LogP contribution in [0.25, 0.3) is 11.4 Å². The summed E-state index contributed by atoms with van der Waals surface area (Å²) in [4.78, 5) is 0. The summed E-state index contributed by atoms with van der Waals surface area (Å²) in [6.07, 6.45) is 0. The number of aromatic nitrogens is 3. The summed E-state index contributed by atoms with van der Waals surface area (Å²) in [6.45, 7) is 4.18. The number of rotatable bonds is 4. The van der Waals surface area contributed by atoms with Crippen molar-refractivity contribution in [3.8, 4) is 11.4 Å². The van der Waals surface area contributed by atoms with Crippen molar-refractivity contribution in [1.29, 1.82) is 0 Å². The first-order chi connectivity index (χ1) is 11.5. The lowest BCUT2D eigenvalue weighted by atomic mass is 10.1. The van der Waals surface area contributed by atoms with Gasteiger partial charge < -0.3 is 5.84 Å². The normalized spacial score (nSPS) is 11.0. The monoisotopic (exact) mass is 378 g/mol. The van der Waals surface area contributed by atoms with Gasteiger partial charge in [0, 0.05) is 16.3 Å².